The normalized spacial score (nSPS) is 17.4. The molecule has 2 unspecified atom stereocenters. The van der Waals surface area contributed by atoms with E-state index in [9.17, 15) is 0 Å². The fourth-order valence-corrected chi connectivity index (χ4v) is 1.98. The summed E-state index contributed by atoms with van der Waals surface area (Å²) in [6.45, 7) is 8.23. The lowest BCUT2D eigenvalue weighted by molar-refractivity contribution is 0.184. The van der Waals surface area contributed by atoms with Crippen LogP contribution in [0.1, 0.15) is 51.9 Å². The summed E-state index contributed by atoms with van der Waals surface area (Å²) in [5.74, 6) is 1.47. The van der Waals surface area contributed by atoms with Gasteiger partial charge in [-0.3, -0.25) is 0 Å². The van der Waals surface area contributed by atoms with E-state index in [4.69, 9.17) is 10.8 Å². The van der Waals surface area contributed by atoms with Crippen LogP contribution in [-0.4, -0.2) is 26.8 Å². The number of aliphatic hydroxyl groups is 1. The Balaban J connectivity index is 2.80. The zero-order chi connectivity index (χ0) is 12.3. The maximum Gasteiger partial charge on any atom is 0.111 e. The molecule has 4 nitrogen and oxygen atoms in total. The summed E-state index contributed by atoms with van der Waals surface area (Å²) in [4.78, 5) is 4.35. The second-order valence-corrected chi connectivity index (χ2v) is 5.21. The first-order valence-corrected chi connectivity index (χ1v) is 5.80. The zero-order valence-corrected chi connectivity index (χ0v) is 10.6. The fraction of sp³-hybridized carbons (Fsp3) is 0.750. The molecular formula is C12H23N3O. The van der Waals surface area contributed by atoms with Crippen LogP contribution in [0.3, 0.4) is 0 Å². The molecule has 0 saturated carbocycles. The highest BCUT2D eigenvalue weighted by Crippen LogP contribution is 2.23. The number of hydrogen-bond acceptors (Lipinski definition) is 3. The van der Waals surface area contributed by atoms with Crippen LogP contribution in [0.5, 0.6) is 0 Å². The smallest absolute Gasteiger partial charge is 0.111 e. The molecule has 4 heteroatoms. The van der Waals surface area contributed by atoms with Gasteiger partial charge in [0.15, 0.2) is 0 Å². The van der Waals surface area contributed by atoms with Gasteiger partial charge in [-0.1, -0.05) is 13.8 Å². The van der Waals surface area contributed by atoms with E-state index in [-0.39, 0.29) is 12.6 Å². The van der Waals surface area contributed by atoms with Crippen molar-refractivity contribution >= 4 is 0 Å². The van der Waals surface area contributed by atoms with Crippen LogP contribution >= 0.6 is 0 Å². The molecular weight excluding hydrogens is 202 g/mol. The summed E-state index contributed by atoms with van der Waals surface area (Å²) >= 11 is 0. The number of rotatable bonds is 5. The summed E-state index contributed by atoms with van der Waals surface area (Å²) < 4.78 is 2.14. The molecule has 0 aliphatic carbocycles. The molecule has 16 heavy (non-hydrogen) atoms. The Labute approximate surface area is 97.5 Å². The summed E-state index contributed by atoms with van der Waals surface area (Å²) in [6, 6.07) is 0.252. The van der Waals surface area contributed by atoms with Gasteiger partial charge in [-0.05, 0) is 20.3 Å². The van der Waals surface area contributed by atoms with E-state index in [1.807, 2.05) is 19.3 Å². The molecule has 1 aromatic heterocycles. The molecule has 3 N–H and O–H groups in total. The number of nitrogens with two attached hydrogens (primary N) is 1. The molecule has 0 amide bonds. The molecule has 0 radical (unpaired) electrons. The van der Waals surface area contributed by atoms with Gasteiger partial charge >= 0.3 is 0 Å². The predicted octanol–water partition coefficient (Wildman–Crippen LogP) is 1.67. The highest BCUT2D eigenvalue weighted by atomic mass is 16.3. The highest BCUT2D eigenvalue weighted by molar-refractivity contribution is 5.00. The molecule has 0 aliphatic heterocycles. The molecule has 1 heterocycles. The van der Waals surface area contributed by atoms with Gasteiger partial charge in [-0.15, -0.1) is 0 Å². The maximum absolute atomic E-state index is 9.17. The minimum Gasteiger partial charge on any atom is -0.394 e. The van der Waals surface area contributed by atoms with Crippen LogP contribution in [0, 0.1) is 0 Å². The van der Waals surface area contributed by atoms with Crippen molar-refractivity contribution in [3.05, 3.63) is 18.2 Å². The van der Waals surface area contributed by atoms with E-state index < -0.39 is 5.54 Å². The van der Waals surface area contributed by atoms with Crippen molar-refractivity contribution in [2.75, 3.05) is 6.61 Å². The first-order chi connectivity index (χ1) is 7.37. The second kappa shape index (κ2) is 4.97. The van der Waals surface area contributed by atoms with Crippen LogP contribution in [0.2, 0.25) is 0 Å². The Morgan fingerprint density at radius 1 is 1.50 bits per heavy atom. The largest absolute Gasteiger partial charge is 0.394 e. The van der Waals surface area contributed by atoms with Crippen molar-refractivity contribution in [3.63, 3.8) is 0 Å². The molecule has 2 atom stereocenters. The van der Waals surface area contributed by atoms with E-state index in [1.54, 1.807) is 0 Å². The van der Waals surface area contributed by atoms with Crippen molar-refractivity contribution in [1.29, 1.82) is 0 Å². The maximum atomic E-state index is 9.17. The van der Waals surface area contributed by atoms with E-state index in [2.05, 4.69) is 30.3 Å². The molecule has 0 bridgehead atoms. The molecule has 1 aromatic rings. The van der Waals surface area contributed by atoms with Crippen molar-refractivity contribution in [3.8, 4) is 0 Å². The van der Waals surface area contributed by atoms with Gasteiger partial charge in [-0.25, -0.2) is 4.98 Å². The lowest BCUT2D eigenvalue weighted by Crippen LogP contribution is -2.42. The SMILES string of the molecule is CC(C)c1nccn1C(C)CC(C)(N)CO. The molecule has 92 valence electrons. The van der Waals surface area contributed by atoms with Crippen molar-refractivity contribution in [2.45, 2.75) is 51.6 Å². The summed E-state index contributed by atoms with van der Waals surface area (Å²) in [5, 5.41) is 9.17. The van der Waals surface area contributed by atoms with Gasteiger partial charge in [0, 0.05) is 29.9 Å². The Bertz CT molecular complexity index is 331. The van der Waals surface area contributed by atoms with Gasteiger partial charge < -0.3 is 15.4 Å². The number of hydrogen-bond donors (Lipinski definition) is 2. The minimum atomic E-state index is -0.530. The van der Waals surface area contributed by atoms with Gasteiger partial charge in [0.05, 0.1) is 6.61 Å². The van der Waals surface area contributed by atoms with Crippen LogP contribution in [-0.2, 0) is 0 Å². The fourth-order valence-electron chi connectivity index (χ4n) is 1.98. The lowest BCUT2D eigenvalue weighted by Gasteiger charge is -2.27. The van der Waals surface area contributed by atoms with Gasteiger partial charge in [-0.2, -0.15) is 0 Å². The van der Waals surface area contributed by atoms with E-state index in [0.29, 0.717) is 5.92 Å². The number of nitrogens with zero attached hydrogens (tertiary/aromatic N) is 2. The van der Waals surface area contributed by atoms with E-state index in [0.717, 1.165) is 12.2 Å². The molecule has 0 aromatic carbocycles. The molecule has 0 fully saturated rings. The topological polar surface area (TPSA) is 64.1 Å². The van der Waals surface area contributed by atoms with Crippen molar-refractivity contribution in [1.82, 2.24) is 9.55 Å². The third kappa shape index (κ3) is 3.06. The number of aromatic nitrogens is 2. The average Bonchev–Trinajstić information content (AvgIpc) is 2.65. The van der Waals surface area contributed by atoms with Crippen molar-refractivity contribution < 1.29 is 5.11 Å². The first kappa shape index (κ1) is 13.2. The Morgan fingerprint density at radius 2 is 2.12 bits per heavy atom. The molecule has 0 aliphatic rings. The number of imidazole rings is 1. The van der Waals surface area contributed by atoms with Crippen LogP contribution in [0.15, 0.2) is 12.4 Å². The summed E-state index contributed by atoms with van der Waals surface area (Å²) in [7, 11) is 0. The second-order valence-electron chi connectivity index (χ2n) is 5.21. The van der Waals surface area contributed by atoms with Gasteiger partial charge in [0.1, 0.15) is 5.82 Å². The van der Waals surface area contributed by atoms with Crippen molar-refractivity contribution in [2.24, 2.45) is 5.73 Å². The molecule has 1 rings (SSSR count). The van der Waals surface area contributed by atoms with Crippen LogP contribution in [0.25, 0.3) is 0 Å². The first-order valence-electron chi connectivity index (χ1n) is 5.80. The summed E-state index contributed by atoms with van der Waals surface area (Å²) in [6.07, 6.45) is 4.53. The lowest BCUT2D eigenvalue weighted by atomic mass is 9.95. The van der Waals surface area contributed by atoms with E-state index in [1.165, 1.54) is 0 Å². The van der Waals surface area contributed by atoms with Crippen LogP contribution in [0.4, 0.5) is 0 Å². The highest BCUT2D eigenvalue weighted by Gasteiger charge is 2.23. The minimum absolute atomic E-state index is 0.00302. The Kier molecular flexibility index (Phi) is 4.10. The Hall–Kier alpha value is -0.870. The van der Waals surface area contributed by atoms with Gasteiger partial charge in [0.2, 0.25) is 0 Å². The number of aliphatic hydroxyl groups excluding tert-OH is 1. The zero-order valence-electron chi connectivity index (χ0n) is 10.6. The third-order valence-corrected chi connectivity index (χ3v) is 2.81. The van der Waals surface area contributed by atoms with E-state index >= 15 is 0 Å². The van der Waals surface area contributed by atoms with Gasteiger partial charge in [0.25, 0.3) is 0 Å². The molecule has 0 saturated heterocycles. The third-order valence-electron chi connectivity index (χ3n) is 2.81. The average molecular weight is 225 g/mol. The van der Waals surface area contributed by atoms with Crippen LogP contribution < -0.4 is 5.73 Å². The summed E-state index contributed by atoms with van der Waals surface area (Å²) in [5.41, 5.74) is 5.44. The Morgan fingerprint density at radius 3 is 2.62 bits per heavy atom. The molecule has 0 spiro atoms. The standard InChI is InChI=1S/C12H23N3O/c1-9(2)11-14-5-6-15(11)10(3)7-12(4,13)8-16/h5-6,9-10,16H,7-8,13H2,1-4H3. The predicted molar refractivity (Wildman–Crippen MR) is 65.3 cm³/mol. The monoisotopic (exact) mass is 225 g/mol. The quantitative estimate of drug-likeness (QED) is 0.801.